The van der Waals surface area contributed by atoms with Crippen LogP contribution in [0.4, 0.5) is 17.1 Å². The Morgan fingerprint density at radius 3 is 1.79 bits per heavy atom. The van der Waals surface area contributed by atoms with E-state index < -0.39 is 0 Å². The molecule has 3 nitrogen and oxygen atoms in total. The Morgan fingerprint density at radius 2 is 1.08 bits per heavy atom. The van der Waals surface area contributed by atoms with Gasteiger partial charge in [0.15, 0.2) is 0 Å². The average molecular weight is 664 g/mol. The first-order valence-electron chi connectivity index (χ1n) is 18.1. The molecular formula is C49H33N3. The van der Waals surface area contributed by atoms with E-state index >= 15 is 0 Å². The van der Waals surface area contributed by atoms with Crippen molar-refractivity contribution in [1.29, 1.82) is 0 Å². The van der Waals surface area contributed by atoms with E-state index in [0.29, 0.717) is 0 Å². The number of imidazole rings is 1. The molecule has 11 rings (SSSR count). The van der Waals surface area contributed by atoms with Crippen LogP contribution in [0.5, 0.6) is 0 Å². The number of nitrogens with zero attached hydrogens (tertiary/aromatic N) is 3. The molecule has 1 aliphatic heterocycles. The zero-order valence-corrected chi connectivity index (χ0v) is 28.7. The third-order valence-electron chi connectivity index (χ3n) is 11.0. The third kappa shape index (κ3) is 4.05. The predicted octanol–water partition coefficient (Wildman–Crippen LogP) is 13.3. The van der Waals surface area contributed by atoms with E-state index in [1.807, 2.05) is 0 Å². The number of aryl methyl sites for hydroxylation is 1. The summed E-state index contributed by atoms with van der Waals surface area (Å²) in [5.41, 5.74) is 11.8. The number of fused-ring (bicyclic) bond motifs is 7. The Bertz CT molecular complexity index is 3010. The number of rotatable bonds is 4. The quantitative estimate of drug-likeness (QED) is 0.138. The van der Waals surface area contributed by atoms with Crippen molar-refractivity contribution >= 4 is 71.2 Å². The fraction of sp³-hybridized carbons (Fsp3) is 0.0408. The molecule has 0 atom stereocenters. The molecule has 2 heterocycles. The zero-order chi connectivity index (χ0) is 34.3. The van der Waals surface area contributed by atoms with Crippen molar-refractivity contribution in [3.05, 3.63) is 176 Å². The van der Waals surface area contributed by atoms with Gasteiger partial charge < -0.3 is 4.90 Å². The summed E-state index contributed by atoms with van der Waals surface area (Å²) in [4.78, 5) is 7.53. The first kappa shape index (κ1) is 29.1. The van der Waals surface area contributed by atoms with Crippen molar-refractivity contribution < 1.29 is 0 Å². The highest BCUT2D eigenvalue weighted by Gasteiger charge is 2.29. The van der Waals surface area contributed by atoms with Crippen molar-refractivity contribution in [1.82, 2.24) is 9.55 Å². The molecule has 0 bridgehead atoms. The third-order valence-corrected chi connectivity index (χ3v) is 11.0. The molecule has 0 aliphatic carbocycles. The Morgan fingerprint density at radius 1 is 0.462 bits per heavy atom. The van der Waals surface area contributed by atoms with Crippen LogP contribution in [0.3, 0.4) is 0 Å². The summed E-state index contributed by atoms with van der Waals surface area (Å²) in [5.74, 6) is 1.08. The van der Waals surface area contributed by atoms with Crippen LogP contribution >= 0.6 is 0 Å². The van der Waals surface area contributed by atoms with Gasteiger partial charge in [0, 0.05) is 12.1 Å². The van der Waals surface area contributed by atoms with E-state index in [4.69, 9.17) is 4.98 Å². The van der Waals surface area contributed by atoms with E-state index in [1.54, 1.807) is 0 Å². The van der Waals surface area contributed by atoms with E-state index in [9.17, 15) is 0 Å². The monoisotopic (exact) mass is 663 g/mol. The van der Waals surface area contributed by atoms with Gasteiger partial charge in [0.25, 0.3) is 0 Å². The van der Waals surface area contributed by atoms with Crippen molar-refractivity contribution in [3.63, 3.8) is 0 Å². The van der Waals surface area contributed by atoms with Gasteiger partial charge in [-0.25, -0.2) is 4.98 Å². The predicted molar refractivity (Wildman–Crippen MR) is 220 cm³/mol. The Balaban J connectivity index is 1.23. The van der Waals surface area contributed by atoms with E-state index in [0.717, 1.165) is 46.0 Å². The van der Waals surface area contributed by atoms with Crippen molar-refractivity contribution in [3.8, 4) is 27.9 Å². The second-order valence-corrected chi connectivity index (χ2v) is 13.8. The molecule has 3 heteroatoms. The molecule has 0 saturated carbocycles. The van der Waals surface area contributed by atoms with Crippen molar-refractivity contribution in [2.75, 3.05) is 4.90 Å². The van der Waals surface area contributed by atoms with E-state index in [-0.39, 0.29) is 0 Å². The smallest absolute Gasteiger partial charge is 0.114 e. The number of para-hydroxylation sites is 2. The molecule has 0 saturated heterocycles. The number of hydrogen-bond acceptors (Lipinski definition) is 2. The lowest BCUT2D eigenvalue weighted by molar-refractivity contribution is 0.900. The Hall–Kier alpha value is -6.71. The second-order valence-electron chi connectivity index (χ2n) is 13.8. The minimum absolute atomic E-state index is 0.848. The van der Waals surface area contributed by atoms with Crippen LogP contribution in [0.1, 0.15) is 12.7 Å². The minimum atomic E-state index is 0.848. The number of benzene rings is 9. The fourth-order valence-corrected chi connectivity index (χ4v) is 8.86. The van der Waals surface area contributed by atoms with Crippen LogP contribution in [0, 0.1) is 0 Å². The van der Waals surface area contributed by atoms with Gasteiger partial charge in [-0.3, -0.25) is 4.57 Å². The second kappa shape index (κ2) is 11.1. The highest BCUT2D eigenvalue weighted by molar-refractivity contribution is 6.26. The summed E-state index contributed by atoms with van der Waals surface area (Å²) in [7, 11) is 0. The summed E-state index contributed by atoms with van der Waals surface area (Å²) in [6, 6.07) is 62.3. The largest absolute Gasteiger partial charge is 0.306 e. The van der Waals surface area contributed by atoms with Gasteiger partial charge in [-0.15, -0.1) is 0 Å². The molecule has 9 aromatic carbocycles. The molecule has 1 aromatic heterocycles. The van der Waals surface area contributed by atoms with Crippen molar-refractivity contribution in [2.45, 2.75) is 13.3 Å². The van der Waals surface area contributed by atoms with Crippen LogP contribution in [0.2, 0.25) is 0 Å². The van der Waals surface area contributed by atoms with Gasteiger partial charge >= 0.3 is 0 Å². The van der Waals surface area contributed by atoms with Gasteiger partial charge in [-0.1, -0.05) is 134 Å². The maximum atomic E-state index is 5.11. The molecule has 0 N–H and O–H groups in total. The van der Waals surface area contributed by atoms with E-state index in [2.05, 4.69) is 186 Å². The summed E-state index contributed by atoms with van der Waals surface area (Å²) >= 11 is 0. The van der Waals surface area contributed by atoms with Gasteiger partial charge in [-0.05, 0) is 108 Å². The molecule has 0 unspecified atom stereocenters. The molecule has 52 heavy (non-hydrogen) atoms. The minimum Gasteiger partial charge on any atom is -0.306 e. The van der Waals surface area contributed by atoms with Gasteiger partial charge in [0.1, 0.15) is 5.82 Å². The normalized spacial score (nSPS) is 12.4. The molecule has 0 radical (unpaired) electrons. The maximum Gasteiger partial charge on any atom is 0.114 e. The zero-order valence-electron chi connectivity index (χ0n) is 28.7. The summed E-state index contributed by atoms with van der Waals surface area (Å²) in [6.07, 6.45) is 0.848. The molecule has 10 aromatic rings. The molecule has 0 amide bonds. The van der Waals surface area contributed by atoms with Crippen LogP contribution in [-0.2, 0) is 6.42 Å². The van der Waals surface area contributed by atoms with Gasteiger partial charge in [0.2, 0.25) is 0 Å². The molecule has 0 fully saturated rings. The van der Waals surface area contributed by atoms with Crippen LogP contribution in [-0.4, -0.2) is 9.55 Å². The Kier molecular flexibility index (Phi) is 6.23. The highest BCUT2D eigenvalue weighted by Crippen LogP contribution is 2.51. The van der Waals surface area contributed by atoms with Gasteiger partial charge in [0.05, 0.1) is 28.1 Å². The summed E-state index contributed by atoms with van der Waals surface area (Å²) < 4.78 is 2.38. The lowest BCUT2D eigenvalue weighted by Gasteiger charge is -2.33. The van der Waals surface area contributed by atoms with Crippen molar-refractivity contribution in [2.24, 2.45) is 0 Å². The molecule has 1 aliphatic rings. The van der Waals surface area contributed by atoms with E-state index in [1.165, 1.54) is 65.3 Å². The summed E-state index contributed by atoms with van der Waals surface area (Å²) in [5, 5.41) is 10.1. The van der Waals surface area contributed by atoms with Gasteiger partial charge in [-0.2, -0.15) is 0 Å². The lowest BCUT2D eigenvalue weighted by Crippen LogP contribution is -2.19. The number of aromatic nitrogens is 2. The standard InChI is InChI=1S/C49H33N3/c1-2-46-50-42-25-14-26-44-49(42)52(46)43-28-27-32(30-45(43)51(44)33-16-4-3-5-17-33)47-37-21-10-12-23-39(37)48(40-24-13-11-22-38(40)47)41-29-31-15-6-7-18-34(31)35-19-8-9-20-36(35)41/h3-30H,2H2,1H3. The molecule has 0 spiro atoms. The maximum absolute atomic E-state index is 5.11. The SMILES string of the molecule is CCc1nc2cccc3c2n1-c1ccc(-c2c4ccccc4c(-c4cc5ccccc5c5ccccc45)c4ccccc24)cc1N3c1ccccc1. The van der Waals surface area contributed by atoms with Crippen LogP contribution in [0.15, 0.2) is 170 Å². The van der Waals surface area contributed by atoms with Crippen LogP contribution < -0.4 is 4.90 Å². The summed E-state index contributed by atoms with van der Waals surface area (Å²) in [6.45, 7) is 2.20. The number of hydrogen-bond donors (Lipinski definition) is 0. The highest BCUT2D eigenvalue weighted by atomic mass is 15.2. The first-order chi connectivity index (χ1) is 25.8. The average Bonchev–Trinajstić information content (AvgIpc) is 3.60. The Labute approximate surface area is 301 Å². The van der Waals surface area contributed by atoms with Crippen LogP contribution in [0.25, 0.3) is 82.1 Å². The molecule has 244 valence electrons. The number of anilines is 3. The molecular weight excluding hydrogens is 631 g/mol. The first-order valence-corrected chi connectivity index (χ1v) is 18.1. The fourth-order valence-electron chi connectivity index (χ4n) is 8.86. The lowest BCUT2D eigenvalue weighted by atomic mass is 9.83. The topological polar surface area (TPSA) is 21.1 Å².